The van der Waals surface area contributed by atoms with Crippen LogP contribution in [-0.2, 0) is 0 Å². The van der Waals surface area contributed by atoms with Crippen LogP contribution in [0.15, 0.2) is 36.4 Å². The number of anilines is 2. The second-order valence-electron chi connectivity index (χ2n) is 7.45. The van der Waals surface area contributed by atoms with E-state index in [2.05, 4.69) is 31.8 Å². The number of amides is 1. The largest absolute Gasteiger partial charge is 0.368 e. The zero-order valence-corrected chi connectivity index (χ0v) is 16.8. The van der Waals surface area contributed by atoms with Crippen LogP contribution in [0, 0.1) is 5.82 Å². The van der Waals surface area contributed by atoms with Gasteiger partial charge in [0.05, 0.1) is 0 Å². The Morgan fingerprint density at radius 2 is 1.52 bits per heavy atom. The average Bonchev–Trinajstić information content (AvgIpc) is 2.79. The number of piperazine rings is 2. The highest BCUT2D eigenvalue weighted by Crippen LogP contribution is 2.18. The summed E-state index contributed by atoms with van der Waals surface area (Å²) in [6.07, 6.45) is 0. The maximum absolute atomic E-state index is 13.1. The zero-order chi connectivity index (χ0) is 20.2. The molecule has 4 rings (SSSR count). The van der Waals surface area contributed by atoms with E-state index in [9.17, 15) is 9.18 Å². The fourth-order valence-corrected chi connectivity index (χ4v) is 3.88. The lowest BCUT2D eigenvalue weighted by Crippen LogP contribution is -2.49. The van der Waals surface area contributed by atoms with Gasteiger partial charge in [0, 0.05) is 58.0 Å². The van der Waals surface area contributed by atoms with Gasteiger partial charge in [-0.2, -0.15) is 0 Å². The van der Waals surface area contributed by atoms with Crippen LogP contribution in [0.2, 0.25) is 0 Å². The minimum atomic E-state index is -0.239. The fraction of sp³-hybridized carbons (Fsp3) is 0.476. The molecule has 2 aliphatic heterocycles. The Morgan fingerprint density at radius 1 is 0.862 bits per heavy atom. The molecule has 2 saturated heterocycles. The van der Waals surface area contributed by atoms with Crippen LogP contribution < -0.4 is 9.80 Å². The van der Waals surface area contributed by atoms with E-state index < -0.39 is 0 Å². The van der Waals surface area contributed by atoms with Crippen LogP contribution in [-0.4, -0.2) is 84.8 Å². The Bertz CT molecular complexity index is 812. The van der Waals surface area contributed by atoms with Gasteiger partial charge in [-0.25, -0.2) is 4.39 Å². The second kappa shape index (κ2) is 8.73. The summed E-state index contributed by atoms with van der Waals surface area (Å²) in [5.41, 5.74) is 1.36. The van der Waals surface area contributed by atoms with Gasteiger partial charge in [0.2, 0.25) is 0 Å². The van der Waals surface area contributed by atoms with Gasteiger partial charge in [0.25, 0.3) is 5.91 Å². The maximum Gasteiger partial charge on any atom is 0.274 e. The molecular formula is C21H27FN6O. The molecular weight excluding hydrogens is 371 g/mol. The summed E-state index contributed by atoms with van der Waals surface area (Å²) in [7, 11) is 0. The van der Waals surface area contributed by atoms with Crippen LogP contribution in [0.3, 0.4) is 0 Å². The standard InChI is InChI=1S/C21H27FN6O/c1-2-25-9-11-27(12-10-25)20-8-7-19(23-24-20)21(29)28-15-13-26(14-16-28)18-5-3-17(22)4-6-18/h3-8H,2,9-16H2,1H3. The molecule has 1 amide bonds. The number of carbonyl (C=O) groups is 1. The topological polar surface area (TPSA) is 55.8 Å². The van der Waals surface area contributed by atoms with E-state index in [0.29, 0.717) is 31.9 Å². The van der Waals surface area contributed by atoms with Crippen molar-refractivity contribution >= 4 is 17.4 Å². The molecule has 2 aromatic rings. The highest BCUT2D eigenvalue weighted by Gasteiger charge is 2.24. The summed E-state index contributed by atoms with van der Waals surface area (Å²) in [4.78, 5) is 21.4. The number of nitrogens with zero attached hydrogens (tertiary/aromatic N) is 6. The molecule has 0 radical (unpaired) electrons. The van der Waals surface area contributed by atoms with Crippen molar-refractivity contribution in [2.75, 3.05) is 68.7 Å². The maximum atomic E-state index is 13.1. The van der Waals surface area contributed by atoms with Gasteiger partial charge in [0.15, 0.2) is 11.5 Å². The zero-order valence-electron chi connectivity index (χ0n) is 16.8. The van der Waals surface area contributed by atoms with Gasteiger partial charge in [-0.1, -0.05) is 6.92 Å². The van der Waals surface area contributed by atoms with Gasteiger partial charge < -0.3 is 19.6 Å². The van der Waals surface area contributed by atoms with Crippen LogP contribution in [0.1, 0.15) is 17.4 Å². The molecule has 3 heterocycles. The average molecular weight is 398 g/mol. The van der Waals surface area contributed by atoms with Crippen molar-refractivity contribution in [3.05, 3.63) is 47.9 Å². The van der Waals surface area contributed by atoms with E-state index in [1.165, 1.54) is 12.1 Å². The molecule has 0 spiro atoms. The Hall–Kier alpha value is -2.74. The third-order valence-corrected chi connectivity index (χ3v) is 5.77. The van der Waals surface area contributed by atoms with Crippen LogP contribution in [0.5, 0.6) is 0 Å². The number of hydrogen-bond donors (Lipinski definition) is 0. The first-order valence-electron chi connectivity index (χ1n) is 10.2. The molecule has 2 fully saturated rings. The van der Waals surface area contributed by atoms with Crippen molar-refractivity contribution in [3.8, 4) is 0 Å². The molecule has 1 aromatic carbocycles. The van der Waals surface area contributed by atoms with Crippen molar-refractivity contribution in [1.29, 1.82) is 0 Å². The molecule has 0 saturated carbocycles. The lowest BCUT2D eigenvalue weighted by molar-refractivity contribution is 0.0739. The molecule has 0 bridgehead atoms. The third-order valence-electron chi connectivity index (χ3n) is 5.77. The van der Waals surface area contributed by atoms with E-state index in [1.54, 1.807) is 18.2 Å². The quantitative estimate of drug-likeness (QED) is 0.782. The smallest absolute Gasteiger partial charge is 0.274 e. The van der Waals surface area contributed by atoms with E-state index in [-0.39, 0.29) is 11.7 Å². The van der Waals surface area contributed by atoms with Crippen molar-refractivity contribution in [2.24, 2.45) is 0 Å². The monoisotopic (exact) mass is 398 g/mol. The van der Waals surface area contributed by atoms with E-state index >= 15 is 0 Å². The first-order chi connectivity index (χ1) is 14.1. The van der Waals surface area contributed by atoms with Gasteiger partial charge in [-0.15, -0.1) is 10.2 Å². The predicted octanol–water partition coefficient (Wildman–Crippen LogP) is 1.72. The molecule has 0 atom stereocenters. The number of hydrogen-bond acceptors (Lipinski definition) is 6. The summed E-state index contributed by atoms with van der Waals surface area (Å²) < 4.78 is 13.1. The number of rotatable bonds is 4. The number of likely N-dealkylation sites (N-methyl/N-ethyl adjacent to an activating group) is 1. The summed E-state index contributed by atoms with van der Waals surface area (Å²) in [6.45, 7) is 9.81. The minimum Gasteiger partial charge on any atom is -0.368 e. The lowest BCUT2D eigenvalue weighted by Gasteiger charge is -2.36. The van der Waals surface area contributed by atoms with Crippen LogP contribution in [0.4, 0.5) is 15.9 Å². The fourth-order valence-electron chi connectivity index (χ4n) is 3.88. The molecule has 0 aliphatic carbocycles. The highest BCUT2D eigenvalue weighted by molar-refractivity contribution is 5.92. The normalized spacial score (nSPS) is 18.2. The second-order valence-corrected chi connectivity index (χ2v) is 7.45. The molecule has 7 nitrogen and oxygen atoms in total. The molecule has 29 heavy (non-hydrogen) atoms. The molecule has 154 valence electrons. The molecule has 0 unspecified atom stereocenters. The number of benzene rings is 1. The summed E-state index contributed by atoms with van der Waals surface area (Å²) in [5.74, 6) is 0.508. The minimum absolute atomic E-state index is 0.0846. The lowest BCUT2D eigenvalue weighted by atomic mass is 10.2. The third kappa shape index (κ3) is 4.48. The Kier molecular flexibility index (Phi) is 5.89. The highest BCUT2D eigenvalue weighted by atomic mass is 19.1. The van der Waals surface area contributed by atoms with Gasteiger partial charge in [-0.05, 0) is 42.9 Å². The van der Waals surface area contributed by atoms with Crippen molar-refractivity contribution in [3.63, 3.8) is 0 Å². The number of carbonyl (C=O) groups excluding carboxylic acids is 1. The Balaban J connectivity index is 1.32. The van der Waals surface area contributed by atoms with Crippen molar-refractivity contribution in [1.82, 2.24) is 20.0 Å². The van der Waals surface area contributed by atoms with Gasteiger partial charge in [-0.3, -0.25) is 4.79 Å². The van der Waals surface area contributed by atoms with Crippen molar-refractivity contribution in [2.45, 2.75) is 6.92 Å². The Morgan fingerprint density at radius 3 is 2.10 bits per heavy atom. The molecule has 0 N–H and O–H groups in total. The predicted molar refractivity (Wildman–Crippen MR) is 111 cm³/mol. The molecule has 2 aliphatic rings. The number of halogens is 1. The molecule has 1 aromatic heterocycles. The first kappa shape index (κ1) is 19.6. The first-order valence-corrected chi connectivity index (χ1v) is 10.2. The van der Waals surface area contributed by atoms with Crippen LogP contribution >= 0.6 is 0 Å². The summed E-state index contributed by atoms with van der Waals surface area (Å²) >= 11 is 0. The van der Waals surface area contributed by atoms with E-state index in [0.717, 1.165) is 44.2 Å². The van der Waals surface area contributed by atoms with E-state index in [4.69, 9.17) is 0 Å². The van der Waals surface area contributed by atoms with Gasteiger partial charge >= 0.3 is 0 Å². The molecule has 8 heteroatoms. The van der Waals surface area contributed by atoms with Gasteiger partial charge in [0.1, 0.15) is 5.82 Å². The van der Waals surface area contributed by atoms with Crippen LogP contribution in [0.25, 0.3) is 0 Å². The SMILES string of the molecule is CCN1CCN(c2ccc(C(=O)N3CCN(c4ccc(F)cc4)CC3)nn2)CC1. The Labute approximate surface area is 170 Å². The van der Waals surface area contributed by atoms with E-state index in [1.807, 2.05) is 11.0 Å². The van der Waals surface area contributed by atoms with Crippen molar-refractivity contribution < 1.29 is 9.18 Å². The summed E-state index contributed by atoms with van der Waals surface area (Å²) in [6, 6.07) is 10.2. The summed E-state index contributed by atoms with van der Waals surface area (Å²) in [5, 5.41) is 8.51. The number of aromatic nitrogens is 2.